The molecule has 3 rings (SSSR count). The Morgan fingerprint density at radius 1 is 1.20 bits per heavy atom. The Kier molecular flexibility index (Phi) is 2.45. The quantitative estimate of drug-likeness (QED) is 0.695. The van der Waals surface area contributed by atoms with Crippen LogP contribution in [-0.2, 0) is 6.42 Å². The van der Waals surface area contributed by atoms with E-state index in [1.165, 1.54) is 56.3 Å². The van der Waals surface area contributed by atoms with Crippen LogP contribution in [0.25, 0.3) is 0 Å². The Morgan fingerprint density at radius 3 is 2.93 bits per heavy atom. The van der Waals surface area contributed by atoms with Crippen molar-refractivity contribution >= 4 is 0 Å². The number of pyridine rings is 1. The van der Waals surface area contributed by atoms with E-state index in [1.54, 1.807) is 0 Å². The summed E-state index contributed by atoms with van der Waals surface area (Å²) < 4.78 is 0. The highest BCUT2D eigenvalue weighted by molar-refractivity contribution is 5.29. The summed E-state index contributed by atoms with van der Waals surface area (Å²) in [7, 11) is 0. The number of aryl methyl sites for hydroxylation is 1. The second-order valence-corrected chi connectivity index (χ2v) is 4.73. The van der Waals surface area contributed by atoms with Crippen LogP contribution in [0.15, 0.2) is 18.5 Å². The Labute approximate surface area is 91.3 Å². The summed E-state index contributed by atoms with van der Waals surface area (Å²) in [4.78, 5) is 6.95. The smallest absolute Gasteiger partial charge is 0.0366 e. The van der Waals surface area contributed by atoms with E-state index in [9.17, 15) is 0 Å². The predicted molar refractivity (Wildman–Crippen MR) is 60.7 cm³/mol. The zero-order chi connectivity index (χ0) is 10.1. The van der Waals surface area contributed by atoms with Crippen molar-refractivity contribution in [3.8, 4) is 0 Å². The fourth-order valence-electron chi connectivity index (χ4n) is 3.04. The van der Waals surface area contributed by atoms with Gasteiger partial charge in [0, 0.05) is 18.4 Å². The zero-order valence-electron chi connectivity index (χ0n) is 9.15. The molecular formula is C13H18N2. The van der Waals surface area contributed by atoms with Gasteiger partial charge < -0.3 is 0 Å². The molecule has 2 heteroatoms. The Hall–Kier alpha value is -0.890. The average Bonchev–Trinajstić information content (AvgIpc) is 2.82. The van der Waals surface area contributed by atoms with E-state index >= 15 is 0 Å². The Morgan fingerprint density at radius 2 is 2.07 bits per heavy atom. The molecule has 1 fully saturated rings. The molecule has 2 nitrogen and oxygen atoms in total. The lowest BCUT2D eigenvalue weighted by atomic mass is 9.88. The van der Waals surface area contributed by atoms with E-state index in [0.29, 0.717) is 6.04 Å². The second-order valence-electron chi connectivity index (χ2n) is 4.73. The van der Waals surface area contributed by atoms with Gasteiger partial charge in [0.15, 0.2) is 0 Å². The van der Waals surface area contributed by atoms with Crippen molar-refractivity contribution < 1.29 is 0 Å². The summed E-state index contributed by atoms with van der Waals surface area (Å²) in [5.74, 6) is 0. The molecular weight excluding hydrogens is 184 g/mol. The molecule has 0 amide bonds. The van der Waals surface area contributed by atoms with Crippen molar-refractivity contribution in [1.82, 2.24) is 9.88 Å². The molecule has 1 aromatic heterocycles. The number of rotatable bonds is 1. The first-order chi connectivity index (χ1) is 7.45. The van der Waals surface area contributed by atoms with Gasteiger partial charge in [-0.15, -0.1) is 0 Å². The van der Waals surface area contributed by atoms with Gasteiger partial charge in [-0.05, 0) is 62.4 Å². The number of likely N-dealkylation sites (tertiary alicyclic amines) is 1. The van der Waals surface area contributed by atoms with Gasteiger partial charge in [0.05, 0.1) is 0 Å². The lowest BCUT2D eigenvalue weighted by molar-refractivity contribution is 0.221. The SMILES string of the molecule is c1cc2c(cn1)C(N1CCCC1)CCC2. The van der Waals surface area contributed by atoms with E-state index in [4.69, 9.17) is 0 Å². The molecule has 0 saturated carbocycles. The molecule has 2 heterocycles. The van der Waals surface area contributed by atoms with E-state index < -0.39 is 0 Å². The van der Waals surface area contributed by atoms with E-state index in [0.717, 1.165) is 0 Å². The molecule has 1 aliphatic heterocycles. The topological polar surface area (TPSA) is 16.1 Å². The van der Waals surface area contributed by atoms with Crippen molar-refractivity contribution in [3.63, 3.8) is 0 Å². The fraction of sp³-hybridized carbons (Fsp3) is 0.615. The van der Waals surface area contributed by atoms with Crippen molar-refractivity contribution in [1.29, 1.82) is 0 Å². The van der Waals surface area contributed by atoms with Crippen LogP contribution >= 0.6 is 0 Å². The lowest BCUT2D eigenvalue weighted by Gasteiger charge is -2.32. The maximum atomic E-state index is 4.29. The third kappa shape index (κ3) is 1.67. The predicted octanol–water partition coefficient (Wildman–Crippen LogP) is 2.55. The molecule has 0 bridgehead atoms. The van der Waals surface area contributed by atoms with Gasteiger partial charge in [0.2, 0.25) is 0 Å². The molecule has 0 aromatic carbocycles. The highest BCUT2D eigenvalue weighted by atomic mass is 15.2. The van der Waals surface area contributed by atoms with Crippen LogP contribution in [0.1, 0.15) is 42.9 Å². The van der Waals surface area contributed by atoms with Crippen molar-refractivity contribution in [3.05, 3.63) is 29.6 Å². The van der Waals surface area contributed by atoms with Crippen LogP contribution in [0, 0.1) is 0 Å². The largest absolute Gasteiger partial charge is 0.296 e. The molecule has 1 aliphatic carbocycles. The highest BCUT2D eigenvalue weighted by Gasteiger charge is 2.27. The van der Waals surface area contributed by atoms with Crippen molar-refractivity contribution in [2.24, 2.45) is 0 Å². The van der Waals surface area contributed by atoms with Gasteiger partial charge >= 0.3 is 0 Å². The number of aromatic nitrogens is 1. The summed E-state index contributed by atoms with van der Waals surface area (Å²) in [5.41, 5.74) is 3.04. The first-order valence-electron chi connectivity index (χ1n) is 6.12. The molecule has 0 radical (unpaired) electrons. The minimum absolute atomic E-state index is 0.671. The molecule has 1 saturated heterocycles. The van der Waals surface area contributed by atoms with Crippen LogP contribution in [-0.4, -0.2) is 23.0 Å². The summed E-state index contributed by atoms with van der Waals surface area (Å²) in [5, 5.41) is 0. The first kappa shape index (κ1) is 9.34. The van der Waals surface area contributed by atoms with Crippen LogP contribution in [0.4, 0.5) is 0 Å². The summed E-state index contributed by atoms with van der Waals surface area (Å²) >= 11 is 0. The molecule has 15 heavy (non-hydrogen) atoms. The minimum Gasteiger partial charge on any atom is -0.296 e. The van der Waals surface area contributed by atoms with Gasteiger partial charge in [-0.1, -0.05) is 0 Å². The molecule has 1 unspecified atom stereocenters. The number of nitrogens with zero attached hydrogens (tertiary/aromatic N) is 2. The maximum Gasteiger partial charge on any atom is 0.0366 e. The molecule has 0 N–H and O–H groups in total. The lowest BCUT2D eigenvalue weighted by Crippen LogP contribution is -2.28. The Balaban J connectivity index is 1.91. The van der Waals surface area contributed by atoms with Gasteiger partial charge in [-0.25, -0.2) is 0 Å². The molecule has 80 valence electrons. The molecule has 0 spiro atoms. The Bertz CT molecular complexity index is 342. The van der Waals surface area contributed by atoms with Crippen LogP contribution in [0.3, 0.4) is 0 Å². The van der Waals surface area contributed by atoms with E-state index in [1.807, 2.05) is 6.20 Å². The zero-order valence-corrected chi connectivity index (χ0v) is 9.15. The summed E-state index contributed by atoms with van der Waals surface area (Å²) in [6.07, 6.45) is 10.7. The van der Waals surface area contributed by atoms with Gasteiger partial charge in [-0.3, -0.25) is 9.88 Å². The first-order valence-corrected chi connectivity index (χ1v) is 6.12. The van der Waals surface area contributed by atoms with Crippen LogP contribution in [0.2, 0.25) is 0 Å². The highest BCUT2D eigenvalue weighted by Crippen LogP contribution is 2.35. The van der Waals surface area contributed by atoms with E-state index in [2.05, 4.69) is 22.1 Å². The standard InChI is InChI=1S/C13H18N2/c1-2-9-15(8-1)13-5-3-4-11-6-7-14-10-12(11)13/h6-7,10,13H,1-5,8-9H2. The van der Waals surface area contributed by atoms with Gasteiger partial charge in [-0.2, -0.15) is 0 Å². The second kappa shape index (κ2) is 3.93. The van der Waals surface area contributed by atoms with Crippen molar-refractivity contribution in [2.75, 3.05) is 13.1 Å². The third-order valence-electron chi connectivity index (χ3n) is 3.81. The number of hydrogen-bond acceptors (Lipinski definition) is 2. The summed E-state index contributed by atoms with van der Waals surface area (Å²) in [6.45, 7) is 2.58. The van der Waals surface area contributed by atoms with Gasteiger partial charge in [0.25, 0.3) is 0 Å². The minimum atomic E-state index is 0.671. The summed E-state index contributed by atoms with van der Waals surface area (Å²) in [6, 6.07) is 2.88. The fourth-order valence-corrected chi connectivity index (χ4v) is 3.04. The third-order valence-corrected chi connectivity index (χ3v) is 3.81. The van der Waals surface area contributed by atoms with E-state index in [-0.39, 0.29) is 0 Å². The monoisotopic (exact) mass is 202 g/mol. The normalized spacial score (nSPS) is 26.5. The molecule has 1 aromatic rings. The van der Waals surface area contributed by atoms with Crippen LogP contribution in [0.5, 0.6) is 0 Å². The average molecular weight is 202 g/mol. The number of hydrogen-bond donors (Lipinski definition) is 0. The van der Waals surface area contributed by atoms with Crippen LogP contribution < -0.4 is 0 Å². The van der Waals surface area contributed by atoms with Gasteiger partial charge in [0.1, 0.15) is 0 Å². The maximum absolute atomic E-state index is 4.29. The molecule has 1 atom stereocenters. The molecule has 2 aliphatic rings. The number of fused-ring (bicyclic) bond motifs is 1. The van der Waals surface area contributed by atoms with Crippen molar-refractivity contribution in [2.45, 2.75) is 38.1 Å².